The van der Waals surface area contributed by atoms with Crippen LogP contribution in [0.5, 0.6) is 0 Å². The Kier molecular flexibility index (Phi) is 5.09. The molecule has 0 atom stereocenters. The fourth-order valence-electron chi connectivity index (χ4n) is 2.97. The topological polar surface area (TPSA) is 0 Å². The monoisotopic (exact) mass is 240 g/mol. The van der Waals surface area contributed by atoms with E-state index in [-0.39, 0.29) is 0 Å². The molecule has 1 aliphatic rings. The molecule has 0 aromatic carbocycles. The first-order valence-electron chi connectivity index (χ1n) is 7.36. The van der Waals surface area contributed by atoms with Crippen molar-refractivity contribution in [3.63, 3.8) is 0 Å². The van der Waals surface area contributed by atoms with Gasteiger partial charge in [-0.3, -0.25) is 0 Å². The van der Waals surface area contributed by atoms with Gasteiger partial charge >= 0.3 is 0 Å². The Balaban J connectivity index is 2.67. The molecule has 0 radical (unpaired) electrons. The largest absolute Gasteiger partial charge is 0.0688 e. The third kappa shape index (κ3) is 3.61. The minimum atomic E-state index is -1.08. The quantitative estimate of drug-likeness (QED) is 0.493. The summed E-state index contributed by atoms with van der Waals surface area (Å²) < 4.78 is 0. The highest BCUT2D eigenvalue weighted by molar-refractivity contribution is 6.81. The van der Waals surface area contributed by atoms with Gasteiger partial charge in [0.25, 0.3) is 0 Å². The summed E-state index contributed by atoms with van der Waals surface area (Å²) in [5.74, 6) is 0. The number of rotatable bonds is 1. The average Bonchev–Trinajstić information content (AvgIpc) is 2.28. The fraction of sp³-hybridized carbons (Fsp3) is 1.00. The third-order valence-electron chi connectivity index (χ3n) is 5.31. The SMILES string of the molecule is CC(C)(C)[Si](C)(C)C1CCCCCCCC1. The minimum absolute atomic E-state index is 0.575. The van der Waals surface area contributed by atoms with Gasteiger partial charge in [0.1, 0.15) is 0 Å². The fourth-order valence-corrected chi connectivity index (χ4v) is 6.04. The van der Waals surface area contributed by atoms with E-state index in [0.717, 1.165) is 5.54 Å². The lowest BCUT2D eigenvalue weighted by molar-refractivity contribution is 0.573. The standard InChI is InChI=1S/C15H32Si/c1-15(2,3)16(4,5)14-12-10-8-6-7-9-11-13-14/h14H,6-13H2,1-5H3. The van der Waals surface area contributed by atoms with Crippen LogP contribution < -0.4 is 0 Å². The molecule has 0 aromatic rings. The van der Waals surface area contributed by atoms with Crippen LogP contribution in [0.2, 0.25) is 23.7 Å². The predicted molar refractivity (Wildman–Crippen MR) is 77.9 cm³/mol. The van der Waals surface area contributed by atoms with E-state index in [1.54, 1.807) is 0 Å². The maximum atomic E-state index is 2.63. The first kappa shape index (κ1) is 14.3. The van der Waals surface area contributed by atoms with Crippen molar-refractivity contribution >= 4 is 8.07 Å². The Hall–Kier alpha value is 0.217. The van der Waals surface area contributed by atoms with Crippen LogP contribution in [0.15, 0.2) is 0 Å². The van der Waals surface area contributed by atoms with Gasteiger partial charge in [-0.1, -0.05) is 85.2 Å². The predicted octanol–water partition coefficient (Wildman–Crippen LogP) is 6.00. The summed E-state index contributed by atoms with van der Waals surface area (Å²) in [4.78, 5) is 0. The van der Waals surface area contributed by atoms with Crippen molar-refractivity contribution in [2.24, 2.45) is 0 Å². The van der Waals surface area contributed by atoms with E-state index in [9.17, 15) is 0 Å². The summed E-state index contributed by atoms with van der Waals surface area (Å²) >= 11 is 0. The van der Waals surface area contributed by atoms with Crippen LogP contribution in [0.25, 0.3) is 0 Å². The normalized spacial score (nSPS) is 22.3. The molecule has 1 rings (SSSR count). The molecule has 1 saturated carbocycles. The van der Waals surface area contributed by atoms with Crippen LogP contribution in [-0.2, 0) is 0 Å². The molecule has 0 nitrogen and oxygen atoms in total. The molecule has 16 heavy (non-hydrogen) atoms. The summed E-state index contributed by atoms with van der Waals surface area (Å²) in [6.07, 6.45) is 12.0. The summed E-state index contributed by atoms with van der Waals surface area (Å²) in [5.41, 5.74) is 1.07. The van der Waals surface area contributed by atoms with Gasteiger partial charge in [-0.05, 0) is 10.6 Å². The Morgan fingerprint density at radius 2 is 1.12 bits per heavy atom. The van der Waals surface area contributed by atoms with Crippen LogP contribution in [0.3, 0.4) is 0 Å². The Labute approximate surface area is 104 Å². The van der Waals surface area contributed by atoms with Crippen LogP contribution in [0.1, 0.15) is 72.1 Å². The van der Waals surface area contributed by atoms with Crippen LogP contribution >= 0.6 is 0 Å². The first-order chi connectivity index (χ1) is 7.36. The number of hydrogen-bond acceptors (Lipinski definition) is 0. The Bertz CT molecular complexity index is 190. The van der Waals surface area contributed by atoms with E-state index in [2.05, 4.69) is 33.9 Å². The highest BCUT2D eigenvalue weighted by Crippen LogP contribution is 2.47. The Morgan fingerprint density at radius 3 is 1.50 bits per heavy atom. The molecule has 0 unspecified atom stereocenters. The molecule has 0 saturated heterocycles. The highest BCUT2D eigenvalue weighted by atomic mass is 28.3. The van der Waals surface area contributed by atoms with Crippen molar-refractivity contribution in [1.82, 2.24) is 0 Å². The number of hydrogen-bond donors (Lipinski definition) is 0. The third-order valence-corrected chi connectivity index (χ3v) is 11.8. The molecule has 1 heteroatoms. The molecule has 0 aromatic heterocycles. The maximum Gasteiger partial charge on any atom is 0.0558 e. The molecular weight excluding hydrogens is 208 g/mol. The second-order valence-electron chi connectivity index (χ2n) is 7.37. The van der Waals surface area contributed by atoms with Gasteiger partial charge in [0.15, 0.2) is 0 Å². The minimum Gasteiger partial charge on any atom is -0.0688 e. The lowest BCUT2D eigenvalue weighted by atomic mass is 10.1. The summed E-state index contributed by atoms with van der Waals surface area (Å²) in [7, 11) is -1.08. The molecule has 0 heterocycles. The van der Waals surface area contributed by atoms with E-state index >= 15 is 0 Å². The summed E-state index contributed by atoms with van der Waals surface area (Å²) in [5, 5.41) is 0.575. The molecule has 0 N–H and O–H groups in total. The van der Waals surface area contributed by atoms with Crippen molar-refractivity contribution in [2.45, 2.75) is 95.8 Å². The van der Waals surface area contributed by atoms with Gasteiger partial charge in [0.2, 0.25) is 0 Å². The smallest absolute Gasteiger partial charge is 0.0558 e. The molecule has 96 valence electrons. The summed E-state index contributed by atoms with van der Waals surface area (Å²) in [6.45, 7) is 12.7. The van der Waals surface area contributed by atoms with E-state index in [1.165, 1.54) is 51.4 Å². The van der Waals surface area contributed by atoms with Crippen LogP contribution in [-0.4, -0.2) is 8.07 Å². The van der Waals surface area contributed by atoms with E-state index in [4.69, 9.17) is 0 Å². The second kappa shape index (κ2) is 5.71. The van der Waals surface area contributed by atoms with Crippen molar-refractivity contribution in [1.29, 1.82) is 0 Å². The Morgan fingerprint density at radius 1 is 0.750 bits per heavy atom. The molecule has 0 spiro atoms. The van der Waals surface area contributed by atoms with Crippen LogP contribution in [0.4, 0.5) is 0 Å². The molecule has 0 bridgehead atoms. The average molecular weight is 241 g/mol. The van der Waals surface area contributed by atoms with Crippen molar-refractivity contribution in [2.75, 3.05) is 0 Å². The first-order valence-corrected chi connectivity index (χ1v) is 10.4. The van der Waals surface area contributed by atoms with E-state index in [1.807, 2.05) is 0 Å². The lowest BCUT2D eigenvalue weighted by Crippen LogP contribution is -2.42. The van der Waals surface area contributed by atoms with Gasteiger partial charge in [-0.25, -0.2) is 0 Å². The van der Waals surface area contributed by atoms with Crippen molar-refractivity contribution < 1.29 is 0 Å². The molecular formula is C15H32Si. The molecule has 0 aliphatic heterocycles. The van der Waals surface area contributed by atoms with Gasteiger partial charge in [0.05, 0.1) is 8.07 Å². The van der Waals surface area contributed by atoms with E-state index < -0.39 is 8.07 Å². The summed E-state index contributed by atoms with van der Waals surface area (Å²) in [6, 6.07) is 0. The molecule has 1 fully saturated rings. The maximum absolute atomic E-state index is 2.63. The van der Waals surface area contributed by atoms with Crippen molar-refractivity contribution in [3.8, 4) is 0 Å². The molecule has 1 aliphatic carbocycles. The zero-order valence-corrected chi connectivity index (χ0v) is 13.2. The van der Waals surface area contributed by atoms with Crippen LogP contribution in [0, 0.1) is 0 Å². The zero-order valence-electron chi connectivity index (χ0n) is 12.2. The van der Waals surface area contributed by atoms with Crippen molar-refractivity contribution in [3.05, 3.63) is 0 Å². The van der Waals surface area contributed by atoms with Gasteiger partial charge in [-0.2, -0.15) is 0 Å². The van der Waals surface area contributed by atoms with E-state index in [0.29, 0.717) is 5.04 Å². The zero-order chi connectivity index (χ0) is 12.2. The van der Waals surface area contributed by atoms with Gasteiger partial charge in [-0.15, -0.1) is 0 Å². The second-order valence-corrected chi connectivity index (χ2v) is 13.1. The highest BCUT2D eigenvalue weighted by Gasteiger charge is 2.41. The van der Waals surface area contributed by atoms with Gasteiger partial charge < -0.3 is 0 Å². The van der Waals surface area contributed by atoms with Gasteiger partial charge in [0, 0.05) is 0 Å². The molecule has 0 amide bonds. The lowest BCUT2D eigenvalue weighted by Gasteiger charge is -2.43.